The van der Waals surface area contributed by atoms with Gasteiger partial charge in [-0.2, -0.15) is 4.72 Å². The second-order valence-corrected chi connectivity index (χ2v) is 8.50. The minimum atomic E-state index is -4.00. The summed E-state index contributed by atoms with van der Waals surface area (Å²) in [6, 6.07) is 15.2. The van der Waals surface area contributed by atoms with Crippen LogP contribution in [-0.4, -0.2) is 25.1 Å². The van der Waals surface area contributed by atoms with E-state index in [1.165, 1.54) is 31.4 Å². The van der Waals surface area contributed by atoms with Crippen LogP contribution >= 0.6 is 0 Å². The Morgan fingerprint density at radius 1 is 1.07 bits per heavy atom. The lowest BCUT2D eigenvalue weighted by Crippen LogP contribution is -2.31. The van der Waals surface area contributed by atoms with E-state index in [1.54, 1.807) is 54.3 Å². The van der Waals surface area contributed by atoms with Crippen LogP contribution in [0.25, 0.3) is 10.8 Å². The van der Waals surface area contributed by atoms with E-state index in [0.717, 1.165) is 0 Å². The molecule has 6 nitrogen and oxygen atoms in total. The number of aryl methyl sites for hydroxylation is 1. The van der Waals surface area contributed by atoms with Crippen LogP contribution in [0.4, 0.5) is 4.39 Å². The molecule has 0 fully saturated rings. The minimum absolute atomic E-state index is 0.106. The van der Waals surface area contributed by atoms with Crippen LogP contribution in [0.2, 0.25) is 0 Å². The Bertz CT molecular complexity index is 1320. The van der Waals surface area contributed by atoms with Gasteiger partial charge >= 0.3 is 0 Å². The molecule has 4 rings (SSSR count). The Labute approximate surface area is 174 Å². The molecule has 0 aliphatic heterocycles. The van der Waals surface area contributed by atoms with Gasteiger partial charge in [0.2, 0.25) is 10.0 Å². The van der Waals surface area contributed by atoms with Crippen molar-refractivity contribution in [1.82, 2.24) is 14.3 Å². The van der Waals surface area contributed by atoms with E-state index < -0.39 is 21.9 Å². The van der Waals surface area contributed by atoms with Crippen LogP contribution < -0.4 is 9.46 Å². The molecule has 3 aromatic carbocycles. The highest BCUT2D eigenvalue weighted by Crippen LogP contribution is 2.32. The van der Waals surface area contributed by atoms with Gasteiger partial charge in [0.1, 0.15) is 23.4 Å². The third-order valence-electron chi connectivity index (χ3n) is 4.93. The molecule has 154 valence electrons. The topological polar surface area (TPSA) is 73.2 Å². The summed E-state index contributed by atoms with van der Waals surface area (Å²) in [7, 11) is -0.704. The first-order chi connectivity index (χ1) is 14.4. The number of imidazole rings is 1. The van der Waals surface area contributed by atoms with Gasteiger partial charge in [0.25, 0.3) is 0 Å². The van der Waals surface area contributed by atoms with E-state index >= 15 is 0 Å². The zero-order chi connectivity index (χ0) is 21.3. The van der Waals surface area contributed by atoms with Gasteiger partial charge in [-0.1, -0.05) is 36.4 Å². The SMILES string of the molecule is COc1ccc(S(=O)(=O)NC(c2cccc(F)c2)c2nccn2C)c2ccccc12. The predicted octanol–water partition coefficient (Wildman–Crippen LogP) is 3.79. The predicted molar refractivity (Wildman–Crippen MR) is 112 cm³/mol. The fourth-order valence-electron chi connectivity index (χ4n) is 3.49. The number of benzene rings is 3. The molecule has 1 aromatic heterocycles. The van der Waals surface area contributed by atoms with E-state index in [-0.39, 0.29) is 4.90 Å². The Balaban J connectivity index is 1.84. The molecule has 1 unspecified atom stereocenters. The number of rotatable bonds is 6. The number of hydrogen-bond acceptors (Lipinski definition) is 4. The van der Waals surface area contributed by atoms with Crippen LogP contribution in [0.3, 0.4) is 0 Å². The first kappa shape index (κ1) is 20.1. The van der Waals surface area contributed by atoms with Crippen molar-refractivity contribution in [3.8, 4) is 5.75 Å². The molecule has 0 bridgehead atoms. The van der Waals surface area contributed by atoms with Gasteiger partial charge in [0.15, 0.2) is 0 Å². The highest BCUT2D eigenvalue weighted by Gasteiger charge is 2.27. The third-order valence-corrected chi connectivity index (χ3v) is 6.41. The zero-order valence-electron chi connectivity index (χ0n) is 16.4. The quantitative estimate of drug-likeness (QED) is 0.510. The lowest BCUT2D eigenvalue weighted by molar-refractivity contribution is 0.419. The van der Waals surface area contributed by atoms with Gasteiger partial charge in [0.05, 0.1) is 12.0 Å². The van der Waals surface area contributed by atoms with Crippen molar-refractivity contribution in [3.63, 3.8) is 0 Å². The Hall–Kier alpha value is -3.23. The molecule has 1 heterocycles. The number of nitrogens with one attached hydrogen (secondary N) is 1. The Morgan fingerprint density at radius 3 is 2.50 bits per heavy atom. The highest BCUT2D eigenvalue weighted by molar-refractivity contribution is 7.89. The van der Waals surface area contributed by atoms with Crippen molar-refractivity contribution in [3.05, 3.63) is 90.3 Å². The summed E-state index contributed by atoms with van der Waals surface area (Å²) in [5, 5.41) is 1.21. The molecule has 0 radical (unpaired) electrons. The second kappa shape index (κ2) is 7.89. The summed E-state index contributed by atoms with van der Waals surface area (Å²) in [5.74, 6) is 0.568. The fraction of sp³-hybridized carbons (Fsp3) is 0.136. The van der Waals surface area contributed by atoms with Gasteiger partial charge < -0.3 is 9.30 Å². The maximum Gasteiger partial charge on any atom is 0.242 e. The van der Waals surface area contributed by atoms with Crippen LogP contribution in [0.5, 0.6) is 5.75 Å². The average Bonchev–Trinajstić information content (AvgIpc) is 3.16. The Morgan fingerprint density at radius 2 is 1.83 bits per heavy atom. The largest absolute Gasteiger partial charge is 0.496 e. The number of ether oxygens (including phenoxy) is 1. The van der Waals surface area contributed by atoms with Crippen LogP contribution in [0.15, 0.2) is 78.0 Å². The summed E-state index contributed by atoms with van der Waals surface area (Å²) in [6.45, 7) is 0. The number of fused-ring (bicyclic) bond motifs is 1. The van der Waals surface area contributed by atoms with Gasteiger partial charge in [0, 0.05) is 30.2 Å². The van der Waals surface area contributed by atoms with Crippen LogP contribution in [-0.2, 0) is 17.1 Å². The van der Waals surface area contributed by atoms with Gasteiger partial charge in [-0.3, -0.25) is 0 Å². The van der Waals surface area contributed by atoms with Crippen molar-refractivity contribution in [2.45, 2.75) is 10.9 Å². The monoisotopic (exact) mass is 425 g/mol. The molecule has 0 saturated carbocycles. The van der Waals surface area contributed by atoms with Gasteiger partial charge in [-0.25, -0.2) is 17.8 Å². The van der Waals surface area contributed by atoms with Crippen molar-refractivity contribution in [2.75, 3.05) is 7.11 Å². The highest BCUT2D eigenvalue weighted by atomic mass is 32.2. The first-order valence-corrected chi connectivity index (χ1v) is 10.7. The third kappa shape index (κ3) is 3.67. The van der Waals surface area contributed by atoms with Crippen molar-refractivity contribution >= 4 is 20.8 Å². The van der Waals surface area contributed by atoms with Crippen molar-refractivity contribution in [2.24, 2.45) is 7.05 Å². The molecule has 1 atom stereocenters. The minimum Gasteiger partial charge on any atom is -0.496 e. The number of nitrogens with zero attached hydrogens (tertiary/aromatic N) is 2. The molecule has 0 amide bonds. The summed E-state index contributed by atoms with van der Waals surface area (Å²) in [5.41, 5.74) is 0.450. The second-order valence-electron chi connectivity index (χ2n) is 6.82. The number of aromatic nitrogens is 2. The molecule has 1 N–H and O–H groups in total. The summed E-state index contributed by atoms with van der Waals surface area (Å²) in [4.78, 5) is 4.39. The van der Waals surface area contributed by atoms with E-state index in [0.29, 0.717) is 27.9 Å². The first-order valence-electron chi connectivity index (χ1n) is 9.21. The maximum absolute atomic E-state index is 13.9. The number of sulfonamides is 1. The molecule has 30 heavy (non-hydrogen) atoms. The zero-order valence-corrected chi connectivity index (χ0v) is 17.2. The molecule has 0 spiro atoms. The molecular formula is C22H20FN3O3S. The molecule has 0 aliphatic carbocycles. The van der Waals surface area contributed by atoms with E-state index in [1.807, 2.05) is 6.07 Å². The molecular weight excluding hydrogens is 405 g/mol. The summed E-state index contributed by atoms with van der Waals surface area (Å²) < 4.78 is 50.5. The van der Waals surface area contributed by atoms with E-state index in [9.17, 15) is 12.8 Å². The van der Waals surface area contributed by atoms with Gasteiger partial charge in [-0.15, -0.1) is 0 Å². The normalized spacial score (nSPS) is 12.8. The molecule has 0 saturated heterocycles. The fourth-order valence-corrected chi connectivity index (χ4v) is 4.88. The van der Waals surface area contributed by atoms with Crippen molar-refractivity contribution in [1.29, 1.82) is 0 Å². The van der Waals surface area contributed by atoms with E-state index in [4.69, 9.17) is 4.74 Å². The standard InChI is InChI=1S/C22H20FN3O3S/c1-26-13-12-24-22(26)21(15-6-5-7-16(23)14-15)25-30(27,28)20-11-10-19(29-2)17-8-3-4-9-18(17)20/h3-14,21,25H,1-2H3. The molecule has 4 aromatic rings. The average molecular weight is 425 g/mol. The van der Waals surface area contributed by atoms with Gasteiger partial charge in [-0.05, 0) is 29.8 Å². The molecule has 0 aliphatic rings. The Kier molecular flexibility index (Phi) is 5.27. The molecule has 8 heteroatoms. The van der Waals surface area contributed by atoms with Crippen molar-refractivity contribution < 1.29 is 17.5 Å². The van der Waals surface area contributed by atoms with Crippen LogP contribution in [0, 0.1) is 5.82 Å². The summed E-state index contributed by atoms with van der Waals surface area (Å²) in [6.07, 6.45) is 3.28. The van der Waals surface area contributed by atoms with Crippen LogP contribution in [0.1, 0.15) is 17.4 Å². The number of methoxy groups -OCH3 is 1. The lowest BCUT2D eigenvalue weighted by atomic mass is 10.1. The summed E-state index contributed by atoms with van der Waals surface area (Å²) >= 11 is 0. The lowest BCUT2D eigenvalue weighted by Gasteiger charge is -2.20. The smallest absolute Gasteiger partial charge is 0.242 e. The maximum atomic E-state index is 13.9. The van der Waals surface area contributed by atoms with E-state index in [2.05, 4.69) is 9.71 Å². The number of hydrogen-bond donors (Lipinski definition) is 1. The number of halogens is 1.